The number of ether oxygens (including phenoxy) is 2. The molecule has 0 unspecified atom stereocenters. The van der Waals surface area contributed by atoms with Crippen molar-refractivity contribution in [2.24, 2.45) is 0 Å². The molecule has 0 saturated carbocycles. The predicted molar refractivity (Wildman–Crippen MR) is 152 cm³/mol. The zero-order valence-electron chi connectivity index (χ0n) is 22.9. The Morgan fingerprint density at radius 1 is 1.13 bits per heavy atom. The first-order valence-corrected chi connectivity index (χ1v) is 17.1. The molecule has 0 radical (unpaired) electrons. The highest BCUT2D eigenvalue weighted by Gasteiger charge is 2.18. The van der Waals surface area contributed by atoms with Gasteiger partial charge >= 0.3 is 0 Å². The molecule has 0 atom stereocenters. The van der Waals surface area contributed by atoms with E-state index >= 15 is 0 Å². The molecule has 0 bridgehead atoms. The van der Waals surface area contributed by atoms with E-state index in [2.05, 4.69) is 49.9 Å². The Hall–Kier alpha value is -3.05. The zero-order valence-corrected chi connectivity index (χ0v) is 23.9. The van der Waals surface area contributed by atoms with Crippen LogP contribution >= 0.6 is 0 Å². The van der Waals surface area contributed by atoms with Crippen LogP contribution < -0.4 is 5.32 Å². The molecule has 1 fully saturated rings. The molecule has 4 aromatic rings. The van der Waals surface area contributed by atoms with Gasteiger partial charge in [0.2, 0.25) is 0 Å². The third-order valence-electron chi connectivity index (χ3n) is 7.03. The largest absolute Gasteiger partial charge is 0.379 e. The lowest BCUT2D eigenvalue weighted by Crippen LogP contribution is -2.41. The van der Waals surface area contributed by atoms with Crippen molar-refractivity contribution in [2.45, 2.75) is 39.3 Å². The third-order valence-corrected chi connectivity index (χ3v) is 8.73. The van der Waals surface area contributed by atoms with Crippen LogP contribution in [0.3, 0.4) is 0 Å². The molecule has 3 aromatic heterocycles. The van der Waals surface area contributed by atoms with Crippen molar-refractivity contribution in [3.63, 3.8) is 0 Å². The average Bonchev–Trinajstić information content (AvgIpc) is 3.47. The van der Waals surface area contributed by atoms with Crippen LogP contribution in [0.25, 0.3) is 27.9 Å². The van der Waals surface area contributed by atoms with E-state index in [1.807, 2.05) is 43.6 Å². The number of benzene rings is 1. The summed E-state index contributed by atoms with van der Waals surface area (Å²) in [7, 11) is -1.20. The Bertz CT molecular complexity index is 1420. The van der Waals surface area contributed by atoms with Crippen molar-refractivity contribution in [1.29, 1.82) is 0 Å². The van der Waals surface area contributed by atoms with Crippen molar-refractivity contribution in [2.75, 3.05) is 46.0 Å². The van der Waals surface area contributed by atoms with Gasteiger partial charge in [-0.25, -0.2) is 9.97 Å². The lowest BCUT2D eigenvalue weighted by atomic mass is 10.1. The molecule has 1 aromatic carbocycles. The summed E-state index contributed by atoms with van der Waals surface area (Å²) in [5, 5.41) is 3.08. The normalized spacial score (nSPS) is 14.9. The summed E-state index contributed by atoms with van der Waals surface area (Å²) in [5.41, 5.74) is 5.31. The average molecular weight is 535 g/mol. The quantitative estimate of drug-likeness (QED) is 0.244. The zero-order chi connectivity index (χ0) is 26.7. The number of hydrogen-bond acceptors (Lipinski definition) is 6. The lowest BCUT2D eigenvalue weighted by molar-refractivity contribution is 0.0383. The highest BCUT2D eigenvalue weighted by molar-refractivity contribution is 6.76. The van der Waals surface area contributed by atoms with E-state index < -0.39 is 8.07 Å². The topological polar surface area (TPSA) is 85.9 Å². The third kappa shape index (κ3) is 5.99. The molecule has 0 spiro atoms. The smallest absolute Gasteiger partial charge is 0.251 e. The van der Waals surface area contributed by atoms with E-state index in [0.717, 1.165) is 72.7 Å². The number of amides is 1. The molecule has 9 nitrogen and oxygen atoms in total. The second-order valence-electron chi connectivity index (χ2n) is 11.1. The summed E-state index contributed by atoms with van der Waals surface area (Å²) in [6, 6.07) is 11.0. The monoisotopic (exact) mass is 534 g/mol. The van der Waals surface area contributed by atoms with Crippen LogP contribution in [0, 0.1) is 6.92 Å². The number of morpholine rings is 1. The Balaban J connectivity index is 1.41. The molecule has 10 heteroatoms. The maximum atomic E-state index is 13.0. The molecule has 0 aliphatic carbocycles. The van der Waals surface area contributed by atoms with Crippen LogP contribution in [-0.4, -0.2) is 83.8 Å². The predicted octanol–water partition coefficient (Wildman–Crippen LogP) is 4.03. The van der Waals surface area contributed by atoms with Crippen LogP contribution in [0.2, 0.25) is 25.7 Å². The van der Waals surface area contributed by atoms with Gasteiger partial charge in [0.15, 0.2) is 5.65 Å². The molecular formula is C28H38N6O3Si. The standard InChI is InChI=1S/C28H38N6O3Si/c1-21-30-18-24-19-31-27-26(34(21)24)17-25(33(27)20-37-14-15-38(2,3)4)22-6-5-7-23(16-22)28(35)29-8-9-32-10-12-36-13-11-32/h5-7,16-19H,8-15,20H2,1-4H3,(H,29,35). The summed E-state index contributed by atoms with van der Waals surface area (Å²) in [6.45, 7) is 14.9. The van der Waals surface area contributed by atoms with Crippen LogP contribution in [0.4, 0.5) is 0 Å². The van der Waals surface area contributed by atoms with Crippen molar-refractivity contribution in [3.05, 3.63) is 54.1 Å². The molecule has 5 rings (SSSR count). The summed E-state index contributed by atoms with van der Waals surface area (Å²) in [4.78, 5) is 24.6. The van der Waals surface area contributed by atoms with Crippen LogP contribution in [0.1, 0.15) is 16.2 Å². The molecule has 1 N–H and O–H groups in total. The molecule has 1 saturated heterocycles. The van der Waals surface area contributed by atoms with E-state index in [0.29, 0.717) is 25.4 Å². The molecule has 1 amide bonds. The summed E-state index contributed by atoms with van der Waals surface area (Å²) in [6.07, 6.45) is 3.69. The second-order valence-corrected chi connectivity index (χ2v) is 16.8. The van der Waals surface area contributed by atoms with Crippen LogP contribution in [-0.2, 0) is 16.2 Å². The van der Waals surface area contributed by atoms with Crippen LogP contribution in [0.15, 0.2) is 42.7 Å². The lowest BCUT2D eigenvalue weighted by Gasteiger charge is -2.26. The Labute approximate surface area is 224 Å². The van der Waals surface area contributed by atoms with Crippen molar-refractivity contribution in [3.8, 4) is 11.3 Å². The maximum absolute atomic E-state index is 13.0. The highest BCUT2D eigenvalue weighted by Crippen LogP contribution is 2.29. The maximum Gasteiger partial charge on any atom is 0.251 e. The number of carbonyl (C=O) groups excluding carboxylic acids is 1. The van der Waals surface area contributed by atoms with E-state index in [1.54, 1.807) is 0 Å². The summed E-state index contributed by atoms with van der Waals surface area (Å²) < 4.78 is 15.8. The van der Waals surface area contributed by atoms with Gasteiger partial charge in [-0.2, -0.15) is 0 Å². The molecule has 1 aliphatic rings. The minimum atomic E-state index is -1.20. The number of rotatable bonds is 10. The van der Waals surface area contributed by atoms with Gasteiger partial charge < -0.3 is 19.4 Å². The van der Waals surface area contributed by atoms with Crippen molar-refractivity contribution in [1.82, 2.24) is 29.2 Å². The van der Waals surface area contributed by atoms with E-state index in [1.165, 1.54) is 0 Å². The van der Waals surface area contributed by atoms with Gasteiger partial charge in [0.1, 0.15) is 12.6 Å². The molecule has 38 heavy (non-hydrogen) atoms. The first kappa shape index (κ1) is 26.5. The van der Waals surface area contributed by atoms with Gasteiger partial charge in [-0.15, -0.1) is 0 Å². The number of fused-ring (bicyclic) bond motifs is 3. The van der Waals surface area contributed by atoms with E-state index in [9.17, 15) is 4.79 Å². The number of aromatic nitrogens is 4. The van der Waals surface area contributed by atoms with Gasteiger partial charge in [0.25, 0.3) is 5.91 Å². The number of hydrogen-bond donors (Lipinski definition) is 1. The SMILES string of the molecule is Cc1ncc2cnc3c(cc(-c4cccc(C(=O)NCCN5CCOCC5)c4)n3COCC[Si](C)(C)C)n12. The molecule has 202 valence electrons. The Kier molecular flexibility index (Phi) is 7.94. The van der Waals surface area contributed by atoms with E-state index in [-0.39, 0.29) is 5.91 Å². The van der Waals surface area contributed by atoms with Crippen molar-refractivity contribution < 1.29 is 14.3 Å². The molecule has 4 heterocycles. The number of nitrogens with one attached hydrogen (secondary N) is 1. The number of aryl methyl sites for hydroxylation is 1. The number of imidazole rings is 1. The first-order valence-electron chi connectivity index (χ1n) is 13.4. The van der Waals surface area contributed by atoms with Gasteiger partial charge in [0, 0.05) is 46.4 Å². The minimum Gasteiger partial charge on any atom is -0.379 e. The number of carbonyl (C=O) groups is 1. The van der Waals surface area contributed by atoms with Crippen molar-refractivity contribution >= 4 is 30.7 Å². The highest BCUT2D eigenvalue weighted by atomic mass is 28.3. The Morgan fingerprint density at radius 3 is 2.71 bits per heavy atom. The number of nitrogens with zero attached hydrogens (tertiary/aromatic N) is 5. The summed E-state index contributed by atoms with van der Waals surface area (Å²) >= 11 is 0. The molecular weight excluding hydrogens is 496 g/mol. The fourth-order valence-corrected chi connectivity index (χ4v) is 5.55. The second kappa shape index (κ2) is 11.4. The van der Waals surface area contributed by atoms with Gasteiger partial charge in [-0.05, 0) is 36.7 Å². The van der Waals surface area contributed by atoms with Gasteiger partial charge in [-0.1, -0.05) is 31.8 Å². The molecule has 1 aliphatic heterocycles. The first-order chi connectivity index (χ1) is 18.3. The Morgan fingerprint density at radius 2 is 1.92 bits per heavy atom. The van der Waals surface area contributed by atoms with Crippen LogP contribution in [0.5, 0.6) is 0 Å². The minimum absolute atomic E-state index is 0.0693. The fraction of sp³-hybridized carbons (Fsp3) is 0.464. The van der Waals surface area contributed by atoms with Gasteiger partial charge in [0.05, 0.1) is 42.3 Å². The van der Waals surface area contributed by atoms with Gasteiger partial charge in [-0.3, -0.25) is 14.1 Å². The fourth-order valence-electron chi connectivity index (χ4n) is 4.80. The summed E-state index contributed by atoms with van der Waals surface area (Å²) in [5.74, 6) is 0.837. The van der Waals surface area contributed by atoms with E-state index in [4.69, 9.17) is 14.5 Å².